The van der Waals surface area contributed by atoms with Gasteiger partial charge in [0.25, 0.3) is 0 Å². The number of anilines is 3. The molecule has 0 aliphatic carbocycles. The standard InChI is InChI=1S/C11H9N3O3/c12-5-1-2-7-6(3-5)9-10(11(16)17-7)14-8(15)4-13-9/h1-3,13H,4,12H2,(H,14,15). The maximum absolute atomic E-state index is 11.7. The van der Waals surface area contributed by atoms with Gasteiger partial charge in [-0.2, -0.15) is 0 Å². The van der Waals surface area contributed by atoms with E-state index in [9.17, 15) is 9.59 Å². The van der Waals surface area contributed by atoms with Gasteiger partial charge in [0.2, 0.25) is 5.91 Å². The van der Waals surface area contributed by atoms with Crippen molar-refractivity contribution in [3.8, 4) is 0 Å². The Hall–Kier alpha value is -2.50. The predicted molar refractivity (Wildman–Crippen MR) is 64.0 cm³/mol. The summed E-state index contributed by atoms with van der Waals surface area (Å²) >= 11 is 0. The van der Waals surface area contributed by atoms with Gasteiger partial charge < -0.3 is 20.8 Å². The van der Waals surface area contributed by atoms with Gasteiger partial charge in [-0.05, 0) is 18.2 Å². The van der Waals surface area contributed by atoms with E-state index in [1.807, 2.05) is 0 Å². The molecular weight excluding hydrogens is 222 g/mol. The quantitative estimate of drug-likeness (QED) is 0.459. The molecule has 0 spiro atoms. The molecule has 17 heavy (non-hydrogen) atoms. The Morgan fingerprint density at radius 2 is 2.06 bits per heavy atom. The molecule has 86 valence electrons. The predicted octanol–water partition coefficient (Wildman–Crippen LogP) is 0.739. The molecule has 1 amide bonds. The summed E-state index contributed by atoms with van der Waals surface area (Å²) < 4.78 is 5.10. The molecule has 1 aromatic carbocycles. The van der Waals surface area contributed by atoms with E-state index in [1.54, 1.807) is 18.2 Å². The van der Waals surface area contributed by atoms with Crippen molar-refractivity contribution < 1.29 is 9.21 Å². The number of carbonyl (C=O) groups excluding carboxylic acids is 1. The largest absolute Gasteiger partial charge is 0.421 e. The van der Waals surface area contributed by atoms with E-state index in [0.29, 0.717) is 22.3 Å². The second-order valence-electron chi connectivity index (χ2n) is 3.80. The molecule has 1 aliphatic heterocycles. The molecule has 1 aromatic heterocycles. The minimum absolute atomic E-state index is 0.125. The van der Waals surface area contributed by atoms with Crippen LogP contribution in [0.1, 0.15) is 0 Å². The molecule has 3 rings (SSSR count). The average molecular weight is 231 g/mol. The first kappa shape index (κ1) is 9.71. The van der Waals surface area contributed by atoms with Crippen molar-refractivity contribution in [2.75, 3.05) is 22.9 Å². The molecule has 0 atom stereocenters. The van der Waals surface area contributed by atoms with Gasteiger partial charge in [0.05, 0.1) is 12.2 Å². The normalized spacial score (nSPS) is 14.0. The van der Waals surface area contributed by atoms with Crippen LogP contribution in [0.5, 0.6) is 0 Å². The van der Waals surface area contributed by atoms with Crippen LogP contribution in [0, 0.1) is 0 Å². The average Bonchev–Trinajstić information content (AvgIpc) is 2.30. The molecule has 2 heterocycles. The first-order valence-electron chi connectivity index (χ1n) is 5.05. The van der Waals surface area contributed by atoms with E-state index >= 15 is 0 Å². The van der Waals surface area contributed by atoms with Crippen molar-refractivity contribution in [2.45, 2.75) is 0 Å². The van der Waals surface area contributed by atoms with Crippen LogP contribution >= 0.6 is 0 Å². The number of hydrogen-bond acceptors (Lipinski definition) is 5. The third-order valence-electron chi connectivity index (χ3n) is 2.62. The summed E-state index contributed by atoms with van der Waals surface area (Å²) in [6.07, 6.45) is 0. The van der Waals surface area contributed by atoms with Crippen molar-refractivity contribution in [1.82, 2.24) is 0 Å². The lowest BCUT2D eigenvalue weighted by Crippen LogP contribution is -2.31. The van der Waals surface area contributed by atoms with Gasteiger partial charge in [0.1, 0.15) is 5.58 Å². The van der Waals surface area contributed by atoms with E-state index in [2.05, 4.69) is 10.6 Å². The summed E-state index contributed by atoms with van der Waals surface area (Å²) in [5, 5.41) is 6.07. The van der Waals surface area contributed by atoms with Crippen LogP contribution in [0.4, 0.5) is 17.1 Å². The maximum Gasteiger partial charge on any atom is 0.362 e. The van der Waals surface area contributed by atoms with Crippen LogP contribution in [0.2, 0.25) is 0 Å². The van der Waals surface area contributed by atoms with Crippen molar-refractivity contribution >= 4 is 33.9 Å². The van der Waals surface area contributed by atoms with Crippen LogP contribution in [0.3, 0.4) is 0 Å². The molecule has 2 aromatic rings. The second kappa shape index (κ2) is 3.24. The number of carbonyl (C=O) groups is 1. The number of amides is 1. The van der Waals surface area contributed by atoms with Gasteiger partial charge >= 0.3 is 5.63 Å². The topological polar surface area (TPSA) is 97.4 Å². The van der Waals surface area contributed by atoms with Crippen LogP contribution in [0.15, 0.2) is 27.4 Å². The second-order valence-corrected chi connectivity index (χ2v) is 3.80. The zero-order valence-corrected chi connectivity index (χ0v) is 8.74. The SMILES string of the molecule is Nc1ccc2oc(=O)c3c(c2c1)NCC(=O)N3. The number of rotatable bonds is 0. The summed E-state index contributed by atoms with van der Waals surface area (Å²) in [6, 6.07) is 4.98. The number of benzene rings is 1. The molecule has 0 fully saturated rings. The fourth-order valence-corrected chi connectivity index (χ4v) is 1.87. The summed E-state index contributed by atoms with van der Waals surface area (Å²) in [7, 11) is 0. The van der Waals surface area contributed by atoms with Gasteiger partial charge in [0.15, 0.2) is 5.69 Å². The first-order chi connectivity index (χ1) is 8.15. The minimum Gasteiger partial charge on any atom is -0.421 e. The third-order valence-corrected chi connectivity index (χ3v) is 2.62. The Balaban J connectivity index is 2.40. The van der Waals surface area contributed by atoms with Gasteiger partial charge in [-0.15, -0.1) is 0 Å². The summed E-state index contributed by atoms with van der Waals surface area (Å²) in [6.45, 7) is 0.125. The molecule has 0 unspecified atom stereocenters. The molecular formula is C11H9N3O3. The summed E-state index contributed by atoms with van der Waals surface area (Å²) in [5.41, 5.74) is 6.81. The van der Waals surface area contributed by atoms with Crippen molar-refractivity contribution in [3.05, 3.63) is 28.6 Å². The molecule has 0 saturated heterocycles. The monoisotopic (exact) mass is 231 g/mol. The highest BCUT2D eigenvalue weighted by Gasteiger charge is 2.21. The third kappa shape index (κ3) is 1.42. The number of hydrogen-bond donors (Lipinski definition) is 3. The lowest BCUT2D eigenvalue weighted by molar-refractivity contribution is -0.114. The van der Waals surface area contributed by atoms with E-state index in [1.165, 1.54) is 0 Å². The van der Waals surface area contributed by atoms with Crippen molar-refractivity contribution in [3.63, 3.8) is 0 Å². The molecule has 4 N–H and O–H groups in total. The lowest BCUT2D eigenvalue weighted by atomic mass is 10.1. The summed E-state index contributed by atoms with van der Waals surface area (Å²) in [4.78, 5) is 22.9. The fraction of sp³-hybridized carbons (Fsp3) is 0.0909. The lowest BCUT2D eigenvalue weighted by Gasteiger charge is -2.18. The van der Waals surface area contributed by atoms with Crippen LogP contribution in [0.25, 0.3) is 11.0 Å². The van der Waals surface area contributed by atoms with E-state index < -0.39 is 5.63 Å². The Morgan fingerprint density at radius 1 is 1.24 bits per heavy atom. The number of fused-ring (bicyclic) bond motifs is 3. The minimum atomic E-state index is -0.571. The number of nitrogens with two attached hydrogens (primary N) is 1. The van der Waals surface area contributed by atoms with Crippen LogP contribution in [-0.2, 0) is 4.79 Å². The molecule has 6 nitrogen and oxygen atoms in total. The molecule has 6 heteroatoms. The Morgan fingerprint density at radius 3 is 2.88 bits per heavy atom. The van der Waals surface area contributed by atoms with Crippen molar-refractivity contribution in [2.24, 2.45) is 0 Å². The number of nitrogens with one attached hydrogen (secondary N) is 2. The van der Waals surface area contributed by atoms with Crippen LogP contribution < -0.4 is 22.0 Å². The molecule has 0 radical (unpaired) electrons. The Kier molecular flexibility index (Phi) is 1.85. The zero-order chi connectivity index (χ0) is 12.0. The zero-order valence-electron chi connectivity index (χ0n) is 8.74. The van der Waals surface area contributed by atoms with Gasteiger partial charge in [0, 0.05) is 11.1 Å². The summed E-state index contributed by atoms with van der Waals surface area (Å²) in [5.74, 6) is -0.270. The van der Waals surface area contributed by atoms with Gasteiger partial charge in [-0.25, -0.2) is 4.79 Å². The van der Waals surface area contributed by atoms with E-state index in [-0.39, 0.29) is 18.1 Å². The van der Waals surface area contributed by atoms with Crippen molar-refractivity contribution in [1.29, 1.82) is 0 Å². The van der Waals surface area contributed by atoms with E-state index in [0.717, 1.165) is 0 Å². The molecule has 0 bridgehead atoms. The molecule has 1 aliphatic rings. The highest BCUT2D eigenvalue weighted by Crippen LogP contribution is 2.31. The highest BCUT2D eigenvalue weighted by molar-refractivity contribution is 6.07. The van der Waals surface area contributed by atoms with E-state index in [4.69, 9.17) is 10.2 Å². The van der Waals surface area contributed by atoms with Gasteiger partial charge in [-0.1, -0.05) is 0 Å². The Labute approximate surface area is 95.4 Å². The Bertz CT molecular complexity index is 690. The first-order valence-corrected chi connectivity index (χ1v) is 5.05. The van der Waals surface area contributed by atoms with Gasteiger partial charge in [-0.3, -0.25) is 4.79 Å². The smallest absolute Gasteiger partial charge is 0.362 e. The van der Waals surface area contributed by atoms with Crippen LogP contribution in [-0.4, -0.2) is 12.5 Å². The molecule has 0 saturated carbocycles. The number of nitrogen functional groups attached to an aromatic ring is 1. The highest BCUT2D eigenvalue weighted by atomic mass is 16.4. The maximum atomic E-state index is 11.7. The fourth-order valence-electron chi connectivity index (χ4n) is 1.87.